The molecule has 0 saturated heterocycles. The van der Waals surface area contributed by atoms with Crippen molar-refractivity contribution < 1.29 is 9.84 Å². The van der Waals surface area contributed by atoms with E-state index < -0.39 is 0 Å². The molecule has 0 aliphatic carbocycles. The van der Waals surface area contributed by atoms with Gasteiger partial charge >= 0.3 is 0 Å². The van der Waals surface area contributed by atoms with Crippen molar-refractivity contribution in [3.63, 3.8) is 0 Å². The maximum absolute atomic E-state index is 10.0. The molecule has 0 spiro atoms. The van der Waals surface area contributed by atoms with Crippen molar-refractivity contribution in [2.24, 2.45) is 5.10 Å². The number of ether oxygens (including phenoxy) is 1. The summed E-state index contributed by atoms with van der Waals surface area (Å²) in [7, 11) is 1.50. The molecule has 2 N–H and O–H groups in total. The van der Waals surface area contributed by atoms with E-state index in [9.17, 15) is 5.11 Å². The third-order valence-corrected chi connectivity index (χ3v) is 3.37. The average Bonchev–Trinajstić information content (AvgIpc) is 2.57. The number of hydrogen-bond donors (Lipinski definition) is 2. The second kappa shape index (κ2) is 6.31. The fourth-order valence-electron chi connectivity index (χ4n) is 2.17. The highest BCUT2D eigenvalue weighted by molar-refractivity contribution is 5.85. The number of aromatic nitrogens is 2. The van der Waals surface area contributed by atoms with Crippen LogP contribution in [-0.2, 0) is 0 Å². The third-order valence-electron chi connectivity index (χ3n) is 3.37. The number of aryl methyl sites for hydroxylation is 1. The van der Waals surface area contributed by atoms with Gasteiger partial charge in [-0.15, -0.1) is 0 Å². The van der Waals surface area contributed by atoms with Crippen molar-refractivity contribution in [3.05, 3.63) is 53.7 Å². The molecule has 23 heavy (non-hydrogen) atoms. The Labute approximate surface area is 133 Å². The van der Waals surface area contributed by atoms with E-state index in [4.69, 9.17) is 4.74 Å². The van der Waals surface area contributed by atoms with Crippen molar-refractivity contribution in [3.8, 4) is 11.5 Å². The minimum atomic E-state index is 0.0434. The van der Waals surface area contributed by atoms with Gasteiger partial charge in [0.2, 0.25) is 0 Å². The summed E-state index contributed by atoms with van der Waals surface area (Å²) in [4.78, 5) is 8.97. The van der Waals surface area contributed by atoms with E-state index in [1.807, 2.05) is 31.2 Å². The molecule has 1 aromatic heterocycles. The molecule has 0 amide bonds. The monoisotopic (exact) mass is 308 g/mol. The number of fused-ring (bicyclic) bond motifs is 1. The van der Waals surface area contributed by atoms with E-state index in [0.29, 0.717) is 17.1 Å². The van der Waals surface area contributed by atoms with Crippen LogP contribution in [-0.4, -0.2) is 28.4 Å². The van der Waals surface area contributed by atoms with Gasteiger partial charge in [-0.2, -0.15) is 5.10 Å². The van der Waals surface area contributed by atoms with Crippen LogP contribution >= 0.6 is 0 Å². The standard InChI is InChI=1S/C17H16N4O2/c1-11-17(20-14-8-4-3-7-13(14)19-11)21-18-10-12-6-5-9-15(23-2)16(12)22/h3-10,22H,1-2H3,(H,20,21)/b18-10-. The molecular weight excluding hydrogens is 292 g/mol. The van der Waals surface area contributed by atoms with Gasteiger partial charge < -0.3 is 9.84 Å². The lowest BCUT2D eigenvalue weighted by Gasteiger charge is -2.06. The first-order valence-electron chi connectivity index (χ1n) is 7.07. The summed E-state index contributed by atoms with van der Waals surface area (Å²) in [5.74, 6) is 1.01. The van der Waals surface area contributed by atoms with Crippen molar-refractivity contribution in [1.82, 2.24) is 9.97 Å². The Hall–Kier alpha value is -3.15. The van der Waals surface area contributed by atoms with E-state index in [2.05, 4.69) is 20.5 Å². The Bertz CT molecular complexity index is 878. The van der Waals surface area contributed by atoms with Crippen LogP contribution in [0.15, 0.2) is 47.6 Å². The molecule has 3 rings (SSSR count). The quantitative estimate of drug-likeness (QED) is 0.572. The highest BCUT2D eigenvalue weighted by Crippen LogP contribution is 2.28. The Morgan fingerprint density at radius 1 is 1.09 bits per heavy atom. The second-order valence-electron chi connectivity index (χ2n) is 4.91. The smallest absolute Gasteiger partial charge is 0.168 e. The number of phenolic OH excluding ortho intramolecular Hbond substituents is 1. The number of benzene rings is 2. The highest BCUT2D eigenvalue weighted by Gasteiger charge is 2.06. The number of phenols is 1. The lowest BCUT2D eigenvalue weighted by atomic mass is 10.2. The van der Waals surface area contributed by atoms with Gasteiger partial charge in [0.1, 0.15) is 0 Å². The Balaban J connectivity index is 1.84. The van der Waals surface area contributed by atoms with Crippen LogP contribution in [0.25, 0.3) is 11.0 Å². The van der Waals surface area contributed by atoms with Gasteiger partial charge in [-0.25, -0.2) is 9.97 Å². The van der Waals surface area contributed by atoms with Crippen molar-refractivity contribution in [2.75, 3.05) is 12.5 Å². The topological polar surface area (TPSA) is 79.6 Å². The molecule has 116 valence electrons. The number of nitrogens with zero attached hydrogens (tertiary/aromatic N) is 3. The normalized spacial score (nSPS) is 11.0. The fraction of sp³-hybridized carbons (Fsp3) is 0.118. The predicted octanol–water partition coefficient (Wildman–Crippen LogP) is 3.10. The Morgan fingerprint density at radius 3 is 2.57 bits per heavy atom. The van der Waals surface area contributed by atoms with Crippen LogP contribution in [0, 0.1) is 6.92 Å². The zero-order valence-corrected chi connectivity index (χ0v) is 12.8. The zero-order chi connectivity index (χ0) is 16.2. The molecule has 1 heterocycles. The number of hydrogen-bond acceptors (Lipinski definition) is 6. The third kappa shape index (κ3) is 3.06. The molecule has 6 nitrogen and oxygen atoms in total. The molecule has 0 unspecified atom stereocenters. The maximum Gasteiger partial charge on any atom is 0.168 e. The molecule has 0 bridgehead atoms. The summed E-state index contributed by atoms with van der Waals surface area (Å²) in [6.07, 6.45) is 1.51. The van der Waals surface area contributed by atoms with E-state index >= 15 is 0 Å². The maximum atomic E-state index is 10.0. The Morgan fingerprint density at radius 2 is 1.83 bits per heavy atom. The minimum Gasteiger partial charge on any atom is -0.504 e. The van der Waals surface area contributed by atoms with Crippen LogP contribution in [0.3, 0.4) is 0 Å². The molecule has 0 aliphatic rings. The van der Waals surface area contributed by atoms with E-state index in [1.54, 1.807) is 18.2 Å². The number of aromatic hydroxyl groups is 1. The number of anilines is 1. The minimum absolute atomic E-state index is 0.0434. The van der Waals surface area contributed by atoms with Crippen molar-refractivity contribution in [2.45, 2.75) is 6.92 Å². The SMILES string of the molecule is COc1cccc(/C=N\Nc2nc3ccccc3nc2C)c1O. The summed E-state index contributed by atoms with van der Waals surface area (Å²) >= 11 is 0. The van der Waals surface area contributed by atoms with Gasteiger partial charge in [0.25, 0.3) is 0 Å². The fourth-order valence-corrected chi connectivity index (χ4v) is 2.17. The van der Waals surface area contributed by atoms with E-state index in [1.165, 1.54) is 13.3 Å². The van der Waals surface area contributed by atoms with Crippen LogP contribution in [0.2, 0.25) is 0 Å². The Kier molecular flexibility index (Phi) is 4.05. The van der Waals surface area contributed by atoms with Crippen molar-refractivity contribution >= 4 is 23.1 Å². The average molecular weight is 308 g/mol. The van der Waals surface area contributed by atoms with Gasteiger partial charge in [0.15, 0.2) is 17.3 Å². The first-order chi connectivity index (χ1) is 11.2. The van der Waals surface area contributed by atoms with Crippen LogP contribution in [0.1, 0.15) is 11.3 Å². The molecule has 0 radical (unpaired) electrons. The van der Waals surface area contributed by atoms with Crippen LogP contribution in [0.4, 0.5) is 5.82 Å². The second-order valence-corrected chi connectivity index (χ2v) is 4.91. The van der Waals surface area contributed by atoms with Crippen LogP contribution in [0.5, 0.6) is 11.5 Å². The summed E-state index contributed by atoms with van der Waals surface area (Å²) in [6, 6.07) is 12.8. The van der Waals surface area contributed by atoms with Crippen LogP contribution < -0.4 is 10.2 Å². The number of para-hydroxylation sites is 3. The van der Waals surface area contributed by atoms with Gasteiger partial charge in [-0.3, -0.25) is 5.43 Å². The van der Waals surface area contributed by atoms with Crippen molar-refractivity contribution in [1.29, 1.82) is 0 Å². The first-order valence-corrected chi connectivity index (χ1v) is 7.07. The first kappa shape index (κ1) is 14.8. The molecule has 3 aromatic rings. The summed E-state index contributed by atoms with van der Waals surface area (Å²) in [5.41, 5.74) is 5.78. The van der Waals surface area contributed by atoms with Gasteiger partial charge in [-0.05, 0) is 31.2 Å². The molecule has 0 aliphatic heterocycles. The van der Waals surface area contributed by atoms with E-state index in [0.717, 1.165) is 16.7 Å². The van der Waals surface area contributed by atoms with Gasteiger partial charge in [-0.1, -0.05) is 18.2 Å². The number of hydrazone groups is 1. The van der Waals surface area contributed by atoms with Gasteiger partial charge in [0.05, 0.1) is 30.1 Å². The number of methoxy groups -OCH3 is 1. The van der Waals surface area contributed by atoms with E-state index in [-0.39, 0.29) is 5.75 Å². The summed E-state index contributed by atoms with van der Waals surface area (Å²) in [6.45, 7) is 1.86. The largest absolute Gasteiger partial charge is 0.504 e. The zero-order valence-electron chi connectivity index (χ0n) is 12.8. The summed E-state index contributed by atoms with van der Waals surface area (Å²) in [5, 5.41) is 14.1. The highest BCUT2D eigenvalue weighted by atomic mass is 16.5. The molecule has 0 fully saturated rings. The molecular formula is C17H16N4O2. The molecule has 6 heteroatoms. The number of rotatable bonds is 4. The molecule has 2 aromatic carbocycles. The lowest BCUT2D eigenvalue weighted by Crippen LogP contribution is -1.99. The predicted molar refractivity (Wildman–Crippen MR) is 90.2 cm³/mol. The lowest BCUT2D eigenvalue weighted by molar-refractivity contribution is 0.373. The molecule has 0 atom stereocenters. The number of nitrogens with one attached hydrogen (secondary N) is 1. The van der Waals surface area contributed by atoms with Gasteiger partial charge in [0, 0.05) is 5.56 Å². The summed E-state index contributed by atoms with van der Waals surface area (Å²) < 4.78 is 5.06. The molecule has 0 saturated carbocycles.